The van der Waals surface area contributed by atoms with Crippen molar-refractivity contribution < 1.29 is 4.74 Å². The molecule has 8 nitrogen and oxygen atoms in total. The second kappa shape index (κ2) is 7.75. The highest BCUT2D eigenvalue weighted by atomic mass is 16.5. The maximum Gasteiger partial charge on any atom is 0.226 e. The highest BCUT2D eigenvalue weighted by Crippen LogP contribution is 2.29. The minimum atomic E-state index is 0.557. The van der Waals surface area contributed by atoms with E-state index in [1.807, 2.05) is 36.4 Å². The van der Waals surface area contributed by atoms with E-state index in [1.54, 1.807) is 25.7 Å². The number of hydrogen-bond donors (Lipinski definition) is 1. The first kappa shape index (κ1) is 18.0. The minimum absolute atomic E-state index is 0.557. The number of nitrogens with one attached hydrogen (secondary N) is 1. The van der Waals surface area contributed by atoms with E-state index in [9.17, 15) is 0 Å². The number of aromatic nitrogens is 6. The monoisotopic (exact) mass is 397 g/mol. The van der Waals surface area contributed by atoms with Gasteiger partial charge in [0.1, 0.15) is 11.4 Å². The van der Waals surface area contributed by atoms with E-state index in [1.165, 1.54) is 11.1 Å². The quantitative estimate of drug-likeness (QED) is 0.552. The maximum atomic E-state index is 5.33. The Labute approximate surface area is 173 Å². The van der Waals surface area contributed by atoms with Crippen molar-refractivity contribution in [1.82, 2.24) is 30.1 Å². The molecule has 0 saturated heterocycles. The lowest BCUT2D eigenvalue weighted by Crippen LogP contribution is -2.17. The molecule has 0 amide bonds. The molecule has 1 N–H and O–H groups in total. The highest BCUT2D eigenvalue weighted by Gasteiger charge is 2.22. The number of ether oxygens (including phenoxy) is 1. The van der Waals surface area contributed by atoms with Gasteiger partial charge in [0, 0.05) is 31.7 Å². The Balaban J connectivity index is 1.38. The summed E-state index contributed by atoms with van der Waals surface area (Å²) in [7, 11) is 1.68. The fourth-order valence-electron chi connectivity index (χ4n) is 3.39. The third kappa shape index (κ3) is 3.62. The zero-order valence-electron chi connectivity index (χ0n) is 16.4. The highest BCUT2D eigenvalue weighted by molar-refractivity contribution is 5.66. The molecule has 4 heterocycles. The third-order valence-corrected chi connectivity index (χ3v) is 4.91. The fourth-order valence-corrected chi connectivity index (χ4v) is 3.39. The molecule has 5 rings (SSSR count). The first-order valence-electron chi connectivity index (χ1n) is 9.53. The topological polar surface area (TPSA) is 92.7 Å². The van der Waals surface area contributed by atoms with Gasteiger partial charge in [-0.2, -0.15) is 5.10 Å². The lowest BCUT2D eigenvalue weighted by atomic mass is 10.1. The van der Waals surface area contributed by atoms with Gasteiger partial charge in [-0.1, -0.05) is 6.07 Å². The maximum absolute atomic E-state index is 5.33. The lowest BCUT2D eigenvalue weighted by molar-refractivity contribution is 0.414. The van der Waals surface area contributed by atoms with Gasteiger partial charge in [0.15, 0.2) is 5.82 Å². The van der Waals surface area contributed by atoms with Crippen LogP contribution in [0.15, 0.2) is 55.0 Å². The van der Waals surface area contributed by atoms with Crippen molar-refractivity contribution in [3.8, 4) is 17.3 Å². The van der Waals surface area contributed by atoms with Gasteiger partial charge in [-0.05, 0) is 53.6 Å². The van der Waals surface area contributed by atoms with E-state index in [0.29, 0.717) is 17.5 Å². The summed E-state index contributed by atoms with van der Waals surface area (Å²) in [4.78, 5) is 20.3. The molecular weight excluding hydrogens is 378 g/mol. The van der Waals surface area contributed by atoms with Crippen LogP contribution in [-0.4, -0.2) is 37.2 Å². The lowest BCUT2D eigenvalue weighted by Gasteiger charge is -2.15. The Morgan fingerprint density at radius 2 is 1.80 bits per heavy atom. The average Bonchev–Trinajstić information content (AvgIpc) is 3.47. The summed E-state index contributed by atoms with van der Waals surface area (Å²) in [6, 6.07) is 11.7. The summed E-state index contributed by atoms with van der Waals surface area (Å²) in [6.07, 6.45) is 9.04. The van der Waals surface area contributed by atoms with Gasteiger partial charge in [0.2, 0.25) is 5.95 Å². The summed E-state index contributed by atoms with van der Waals surface area (Å²) in [5, 5.41) is 6.89. The van der Waals surface area contributed by atoms with Crippen molar-refractivity contribution >= 4 is 18.1 Å². The molecule has 1 aliphatic rings. The van der Waals surface area contributed by atoms with Crippen molar-refractivity contribution in [2.45, 2.75) is 13.1 Å². The second-order valence-corrected chi connectivity index (χ2v) is 6.87. The number of rotatable bonds is 5. The van der Waals surface area contributed by atoms with E-state index in [-0.39, 0.29) is 0 Å². The fraction of sp³-hybridized carbons (Fsp3) is 0.136. The molecule has 1 aliphatic heterocycles. The Morgan fingerprint density at radius 1 is 0.933 bits per heavy atom. The number of H-pyrrole nitrogens is 1. The van der Waals surface area contributed by atoms with Crippen LogP contribution in [0.2, 0.25) is 0 Å². The SMILES string of the molecule is COc1ccc2c(c1)CN(c1nccc(-c3nccc(/C=C/c4cc[nH]n4)n3)n1)C2. The summed E-state index contributed by atoms with van der Waals surface area (Å²) in [5.41, 5.74) is 4.79. The molecule has 0 saturated carbocycles. The van der Waals surface area contributed by atoms with Crippen LogP contribution >= 0.6 is 0 Å². The van der Waals surface area contributed by atoms with Crippen LogP contribution < -0.4 is 9.64 Å². The van der Waals surface area contributed by atoms with Gasteiger partial charge in [0.25, 0.3) is 0 Å². The van der Waals surface area contributed by atoms with Crippen LogP contribution in [0.3, 0.4) is 0 Å². The standard InChI is InChI=1S/C22H19N7O/c1-30-19-5-2-15-13-29(14-16(15)12-19)22-24-10-8-20(27-22)21-23-9-6-17(26-21)3-4-18-7-11-25-28-18/h2-12H,13-14H2,1H3,(H,25,28)/b4-3+. The molecule has 0 unspecified atom stereocenters. The van der Waals surface area contributed by atoms with Crippen molar-refractivity contribution in [2.75, 3.05) is 12.0 Å². The Morgan fingerprint density at radius 3 is 2.67 bits per heavy atom. The Hall–Kier alpha value is -4.07. The number of hydrogen-bond acceptors (Lipinski definition) is 7. The van der Waals surface area contributed by atoms with Crippen molar-refractivity contribution in [2.24, 2.45) is 0 Å². The number of methoxy groups -OCH3 is 1. The van der Waals surface area contributed by atoms with Crippen LogP contribution in [0.25, 0.3) is 23.7 Å². The van der Waals surface area contributed by atoms with Crippen molar-refractivity contribution in [1.29, 1.82) is 0 Å². The molecule has 30 heavy (non-hydrogen) atoms. The van der Waals surface area contributed by atoms with E-state index < -0.39 is 0 Å². The molecule has 8 heteroatoms. The van der Waals surface area contributed by atoms with Gasteiger partial charge in [0.05, 0.1) is 18.5 Å². The van der Waals surface area contributed by atoms with Gasteiger partial charge < -0.3 is 9.64 Å². The normalized spacial score (nSPS) is 13.0. The Kier molecular flexibility index (Phi) is 4.65. The molecule has 148 valence electrons. The Bertz CT molecular complexity index is 1200. The largest absolute Gasteiger partial charge is 0.497 e. The van der Waals surface area contributed by atoms with Crippen LogP contribution in [0.4, 0.5) is 5.95 Å². The smallest absolute Gasteiger partial charge is 0.226 e. The van der Waals surface area contributed by atoms with Gasteiger partial charge in [-0.3, -0.25) is 5.10 Å². The summed E-state index contributed by atoms with van der Waals surface area (Å²) >= 11 is 0. The molecule has 4 aromatic rings. The molecule has 0 fully saturated rings. The van der Waals surface area contributed by atoms with Crippen molar-refractivity contribution in [3.05, 3.63) is 77.5 Å². The van der Waals surface area contributed by atoms with E-state index in [4.69, 9.17) is 9.72 Å². The first-order valence-corrected chi connectivity index (χ1v) is 9.53. The minimum Gasteiger partial charge on any atom is -0.497 e. The summed E-state index contributed by atoms with van der Waals surface area (Å²) < 4.78 is 5.33. The second-order valence-electron chi connectivity index (χ2n) is 6.87. The summed E-state index contributed by atoms with van der Waals surface area (Å²) in [5.74, 6) is 2.07. The number of anilines is 1. The predicted molar refractivity (Wildman–Crippen MR) is 113 cm³/mol. The molecule has 0 spiro atoms. The summed E-state index contributed by atoms with van der Waals surface area (Å²) in [6.45, 7) is 1.50. The van der Waals surface area contributed by atoms with E-state index >= 15 is 0 Å². The molecule has 0 aliphatic carbocycles. The van der Waals surface area contributed by atoms with Crippen molar-refractivity contribution in [3.63, 3.8) is 0 Å². The third-order valence-electron chi connectivity index (χ3n) is 4.91. The van der Waals surface area contributed by atoms with E-state index in [2.05, 4.69) is 42.2 Å². The zero-order chi connectivity index (χ0) is 20.3. The van der Waals surface area contributed by atoms with Crippen LogP contribution in [-0.2, 0) is 13.1 Å². The first-order chi connectivity index (χ1) is 14.8. The number of aromatic amines is 1. The molecule has 0 atom stereocenters. The molecule has 3 aromatic heterocycles. The van der Waals surface area contributed by atoms with Crippen LogP contribution in [0.1, 0.15) is 22.5 Å². The van der Waals surface area contributed by atoms with Gasteiger partial charge >= 0.3 is 0 Å². The molecule has 0 radical (unpaired) electrons. The molecule has 0 bridgehead atoms. The van der Waals surface area contributed by atoms with Gasteiger partial charge in [-0.25, -0.2) is 19.9 Å². The number of benzene rings is 1. The van der Waals surface area contributed by atoms with Crippen LogP contribution in [0, 0.1) is 0 Å². The number of fused-ring (bicyclic) bond motifs is 1. The van der Waals surface area contributed by atoms with E-state index in [0.717, 1.165) is 30.2 Å². The molecular formula is C22H19N7O. The predicted octanol–water partition coefficient (Wildman–Crippen LogP) is 3.36. The molecule has 1 aromatic carbocycles. The van der Waals surface area contributed by atoms with Gasteiger partial charge in [-0.15, -0.1) is 0 Å². The zero-order valence-corrected chi connectivity index (χ0v) is 16.4. The number of nitrogens with zero attached hydrogens (tertiary/aromatic N) is 6. The average molecular weight is 397 g/mol. The van der Waals surface area contributed by atoms with Crippen LogP contribution in [0.5, 0.6) is 5.75 Å².